The fraction of sp³-hybridized carbons (Fsp3) is 0.0400. The molecule has 4 aromatic carbocycles. The summed E-state index contributed by atoms with van der Waals surface area (Å²) in [4.78, 5) is 0. The molecule has 0 spiro atoms. The highest BCUT2D eigenvalue weighted by molar-refractivity contribution is 6.08. The molecule has 126 valence electrons. The van der Waals surface area contributed by atoms with Gasteiger partial charge in [0.2, 0.25) is 0 Å². The lowest BCUT2D eigenvalue weighted by atomic mass is 9.97. The van der Waals surface area contributed by atoms with Gasteiger partial charge in [0.05, 0.1) is 0 Å². The number of hydrogen-bond donors (Lipinski definition) is 0. The van der Waals surface area contributed by atoms with Crippen molar-refractivity contribution in [3.05, 3.63) is 108 Å². The van der Waals surface area contributed by atoms with Gasteiger partial charge in [-0.15, -0.1) is 0 Å². The van der Waals surface area contributed by atoms with E-state index in [0.29, 0.717) is 0 Å². The minimum Gasteiger partial charge on any atom is -0.207 e. The number of hydrogen-bond acceptors (Lipinski definition) is 0. The molecule has 0 saturated heterocycles. The first kappa shape index (κ1) is 16.3. The highest BCUT2D eigenvalue weighted by Crippen LogP contribution is 2.29. The molecule has 0 aliphatic heterocycles. The first-order chi connectivity index (χ1) is 12.6. The normalized spacial score (nSPS) is 11.5. The molecule has 0 bridgehead atoms. The van der Waals surface area contributed by atoms with Crippen LogP contribution < -0.4 is 0 Å². The van der Waals surface area contributed by atoms with Crippen LogP contribution in [-0.4, -0.2) is 0 Å². The molecule has 4 aromatic rings. The summed E-state index contributed by atoms with van der Waals surface area (Å²) in [5.41, 5.74) is 4.49. The first-order valence-corrected chi connectivity index (χ1v) is 8.67. The lowest BCUT2D eigenvalue weighted by molar-refractivity contribution is 0.630. The molecule has 0 N–H and O–H groups in total. The maximum absolute atomic E-state index is 13.4. The lowest BCUT2D eigenvalue weighted by Gasteiger charge is -2.07. The van der Waals surface area contributed by atoms with Crippen molar-refractivity contribution in [2.75, 3.05) is 0 Å². The Morgan fingerprint density at radius 2 is 1.54 bits per heavy atom. The van der Waals surface area contributed by atoms with Crippen molar-refractivity contribution in [2.45, 2.75) is 6.92 Å². The van der Waals surface area contributed by atoms with Crippen LogP contribution in [0.4, 0.5) is 4.39 Å². The van der Waals surface area contributed by atoms with Gasteiger partial charge in [0.1, 0.15) is 5.82 Å². The summed E-state index contributed by atoms with van der Waals surface area (Å²) in [5.74, 6) is -0.205. The molecular formula is C25H19F. The van der Waals surface area contributed by atoms with Crippen LogP contribution in [0.2, 0.25) is 0 Å². The van der Waals surface area contributed by atoms with E-state index < -0.39 is 0 Å². The SMILES string of the molecule is C=C(/C=C\c1ccccc1C)c1ccc2c(ccc3cc(F)ccc32)c1. The molecule has 0 nitrogen and oxygen atoms in total. The fourth-order valence-corrected chi connectivity index (χ4v) is 3.30. The third-order valence-corrected chi connectivity index (χ3v) is 4.82. The second-order valence-electron chi connectivity index (χ2n) is 6.58. The van der Waals surface area contributed by atoms with Crippen molar-refractivity contribution < 1.29 is 4.39 Å². The van der Waals surface area contributed by atoms with E-state index in [0.717, 1.165) is 32.7 Å². The maximum atomic E-state index is 13.4. The molecule has 0 radical (unpaired) electrons. The van der Waals surface area contributed by atoms with Crippen molar-refractivity contribution in [2.24, 2.45) is 0 Å². The van der Waals surface area contributed by atoms with Crippen LogP contribution in [0, 0.1) is 12.7 Å². The number of fused-ring (bicyclic) bond motifs is 3. The van der Waals surface area contributed by atoms with Gasteiger partial charge in [0.25, 0.3) is 0 Å². The van der Waals surface area contributed by atoms with E-state index in [1.165, 1.54) is 17.2 Å². The van der Waals surface area contributed by atoms with Crippen molar-refractivity contribution >= 4 is 33.2 Å². The summed E-state index contributed by atoms with van der Waals surface area (Å²) in [6, 6.07) is 23.6. The molecular weight excluding hydrogens is 319 g/mol. The molecule has 0 amide bonds. The van der Waals surface area contributed by atoms with Gasteiger partial charge in [-0.1, -0.05) is 73.3 Å². The monoisotopic (exact) mass is 338 g/mol. The predicted molar refractivity (Wildman–Crippen MR) is 111 cm³/mol. The average Bonchev–Trinajstić information content (AvgIpc) is 2.66. The molecule has 0 fully saturated rings. The zero-order valence-corrected chi connectivity index (χ0v) is 14.7. The average molecular weight is 338 g/mol. The van der Waals surface area contributed by atoms with Crippen LogP contribution in [0.3, 0.4) is 0 Å². The van der Waals surface area contributed by atoms with Crippen molar-refractivity contribution in [3.63, 3.8) is 0 Å². The highest BCUT2D eigenvalue weighted by Gasteiger charge is 2.04. The molecule has 1 heteroatoms. The maximum Gasteiger partial charge on any atom is 0.123 e. The summed E-state index contributed by atoms with van der Waals surface area (Å²) in [7, 11) is 0. The van der Waals surface area contributed by atoms with Gasteiger partial charge < -0.3 is 0 Å². The van der Waals surface area contributed by atoms with Crippen molar-refractivity contribution in [1.82, 2.24) is 0 Å². The summed E-state index contributed by atoms with van der Waals surface area (Å²) in [6.07, 6.45) is 4.16. The van der Waals surface area contributed by atoms with Gasteiger partial charge in [0, 0.05) is 0 Å². The summed E-state index contributed by atoms with van der Waals surface area (Å²) < 4.78 is 13.4. The largest absolute Gasteiger partial charge is 0.207 e. The van der Waals surface area contributed by atoms with Gasteiger partial charge in [-0.25, -0.2) is 4.39 Å². The Labute approximate surface area is 152 Å². The second kappa shape index (κ2) is 6.61. The molecule has 0 aliphatic carbocycles. The van der Waals surface area contributed by atoms with Crippen LogP contribution >= 0.6 is 0 Å². The molecule has 0 aromatic heterocycles. The lowest BCUT2D eigenvalue weighted by Crippen LogP contribution is -1.84. The number of halogens is 1. The van der Waals surface area contributed by atoms with Crippen LogP contribution in [0.1, 0.15) is 16.7 Å². The second-order valence-corrected chi connectivity index (χ2v) is 6.58. The Hall–Kier alpha value is -3.19. The van der Waals surface area contributed by atoms with E-state index in [1.807, 2.05) is 30.3 Å². The Bertz CT molecular complexity index is 1170. The summed E-state index contributed by atoms with van der Waals surface area (Å²) >= 11 is 0. The van der Waals surface area contributed by atoms with E-state index in [-0.39, 0.29) is 5.82 Å². The van der Waals surface area contributed by atoms with Gasteiger partial charge >= 0.3 is 0 Å². The minimum absolute atomic E-state index is 0.205. The summed E-state index contributed by atoms with van der Waals surface area (Å²) in [5, 5.41) is 4.24. The van der Waals surface area contributed by atoms with Crippen molar-refractivity contribution in [3.8, 4) is 0 Å². The highest BCUT2D eigenvalue weighted by atomic mass is 19.1. The molecule has 0 heterocycles. The Balaban J connectivity index is 1.71. The standard InChI is InChI=1S/C25H19F/c1-17-5-3-4-6-19(17)8-7-18(2)20-11-13-24-21(15-20)9-10-22-16-23(26)12-14-25(22)24/h3-16H,2H2,1H3/b8-7-. The smallest absolute Gasteiger partial charge is 0.123 e. The molecule has 0 unspecified atom stereocenters. The third-order valence-electron chi connectivity index (χ3n) is 4.82. The van der Waals surface area contributed by atoms with Crippen LogP contribution in [0.5, 0.6) is 0 Å². The Kier molecular flexibility index (Phi) is 4.14. The van der Waals surface area contributed by atoms with E-state index in [9.17, 15) is 4.39 Å². The number of aryl methyl sites for hydroxylation is 1. The van der Waals surface area contributed by atoms with Crippen LogP contribution in [0.25, 0.3) is 33.2 Å². The topological polar surface area (TPSA) is 0 Å². The fourth-order valence-electron chi connectivity index (χ4n) is 3.30. The number of allylic oxidation sites excluding steroid dienone is 2. The predicted octanol–water partition coefficient (Wildman–Crippen LogP) is 7.17. The first-order valence-electron chi connectivity index (χ1n) is 8.67. The van der Waals surface area contributed by atoms with E-state index in [2.05, 4.69) is 56.0 Å². The van der Waals surface area contributed by atoms with Crippen LogP contribution in [-0.2, 0) is 0 Å². The van der Waals surface area contributed by atoms with Crippen molar-refractivity contribution in [1.29, 1.82) is 0 Å². The Morgan fingerprint density at radius 1 is 0.846 bits per heavy atom. The zero-order chi connectivity index (χ0) is 18.1. The molecule has 26 heavy (non-hydrogen) atoms. The van der Waals surface area contributed by atoms with Gasteiger partial charge in [-0.05, 0) is 68.9 Å². The van der Waals surface area contributed by atoms with E-state index in [4.69, 9.17) is 0 Å². The minimum atomic E-state index is -0.205. The number of rotatable bonds is 3. The molecule has 0 saturated carbocycles. The third kappa shape index (κ3) is 3.04. The number of benzene rings is 4. The van der Waals surface area contributed by atoms with Gasteiger partial charge in [-0.2, -0.15) is 0 Å². The molecule has 4 rings (SSSR count). The van der Waals surface area contributed by atoms with Gasteiger partial charge in [0.15, 0.2) is 0 Å². The molecule has 0 atom stereocenters. The van der Waals surface area contributed by atoms with Gasteiger partial charge in [-0.3, -0.25) is 0 Å². The Morgan fingerprint density at radius 3 is 2.31 bits per heavy atom. The zero-order valence-electron chi connectivity index (χ0n) is 14.7. The van der Waals surface area contributed by atoms with Crippen LogP contribution in [0.15, 0.2) is 85.5 Å². The van der Waals surface area contributed by atoms with E-state index >= 15 is 0 Å². The summed E-state index contributed by atoms with van der Waals surface area (Å²) in [6.45, 7) is 6.32. The molecule has 0 aliphatic rings. The van der Waals surface area contributed by atoms with E-state index in [1.54, 1.807) is 6.07 Å². The quantitative estimate of drug-likeness (QED) is 0.274.